The summed E-state index contributed by atoms with van der Waals surface area (Å²) in [4.78, 5) is 0. The van der Waals surface area contributed by atoms with Crippen LogP contribution in [0.15, 0.2) is 0 Å². The van der Waals surface area contributed by atoms with Gasteiger partial charge < -0.3 is 14.9 Å². The van der Waals surface area contributed by atoms with E-state index in [1.807, 2.05) is 7.11 Å². The molecule has 8 atom stereocenters. The van der Waals surface area contributed by atoms with Crippen molar-refractivity contribution in [3.05, 3.63) is 0 Å². The molecule has 0 saturated heterocycles. The van der Waals surface area contributed by atoms with E-state index in [1.165, 1.54) is 38.5 Å². The van der Waals surface area contributed by atoms with Gasteiger partial charge in [-0.25, -0.2) is 0 Å². The average molecular weight is 322 g/mol. The van der Waals surface area contributed by atoms with Crippen molar-refractivity contribution in [2.24, 2.45) is 34.5 Å². The number of ether oxygens (including phenoxy) is 1. The van der Waals surface area contributed by atoms with Crippen LogP contribution in [0.1, 0.15) is 64.7 Å². The van der Waals surface area contributed by atoms with Crippen LogP contribution in [-0.2, 0) is 4.74 Å². The van der Waals surface area contributed by atoms with Gasteiger partial charge in [-0.2, -0.15) is 0 Å². The van der Waals surface area contributed by atoms with Crippen LogP contribution in [0.25, 0.3) is 0 Å². The van der Waals surface area contributed by atoms with E-state index in [1.54, 1.807) is 0 Å². The van der Waals surface area contributed by atoms with E-state index in [0.717, 1.165) is 31.1 Å². The van der Waals surface area contributed by atoms with Gasteiger partial charge in [0, 0.05) is 13.7 Å². The number of fused-ring (bicyclic) bond motifs is 5. The molecule has 4 aliphatic rings. The van der Waals surface area contributed by atoms with E-state index in [2.05, 4.69) is 6.92 Å². The largest absolute Gasteiger partial charge is 0.396 e. The highest BCUT2D eigenvalue weighted by molar-refractivity contribution is 5.10. The normalized spacial score (nSPS) is 55.8. The van der Waals surface area contributed by atoms with Crippen LogP contribution in [0.5, 0.6) is 0 Å². The predicted molar refractivity (Wildman–Crippen MR) is 89.9 cm³/mol. The first kappa shape index (κ1) is 16.4. The van der Waals surface area contributed by atoms with Gasteiger partial charge in [0.05, 0.1) is 12.2 Å². The van der Waals surface area contributed by atoms with Crippen LogP contribution in [-0.4, -0.2) is 36.1 Å². The molecule has 0 aromatic rings. The van der Waals surface area contributed by atoms with Gasteiger partial charge in [-0.3, -0.25) is 0 Å². The van der Waals surface area contributed by atoms with E-state index in [0.29, 0.717) is 30.0 Å². The van der Waals surface area contributed by atoms with E-state index < -0.39 is 0 Å². The molecule has 4 fully saturated rings. The predicted octanol–water partition coefficient (Wildman–Crippen LogP) is 3.38. The highest BCUT2D eigenvalue weighted by atomic mass is 16.5. The van der Waals surface area contributed by atoms with Crippen molar-refractivity contribution in [3.8, 4) is 0 Å². The van der Waals surface area contributed by atoms with Crippen molar-refractivity contribution in [1.29, 1.82) is 0 Å². The Balaban J connectivity index is 1.63. The lowest BCUT2D eigenvalue weighted by Crippen LogP contribution is -2.57. The number of aliphatic hydroxyl groups excluding tert-OH is 2. The Bertz CT molecular complexity index is 452. The Kier molecular flexibility index (Phi) is 4.06. The van der Waals surface area contributed by atoms with Crippen LogP contribution in [0.4, 0.5) is 0 Å². The summed E-state index contributed by atoms with van der Waals surface area (Å²) in [6, 6.07) is 0. The van der Waals surface area contributed by atoms with Gasteiger partial charge >= 0.3 is 0 Å². The lowest BCUT2D eigenvalue weighted by Gasteiger charge is -2.61. The quantitative estimate of drug-likeness (QED) is 0.819. The SMILES string of the molecule is CO[C@H]1CC[C@H]2[C@@H]3CC[C@H]4C[C@@H](O)CC[C@]4(CO)[C@H]3CC[C@]12C. The first-order chi connectivity index (χ1) is 11.0. The maximum absolute atomic E-state index is 10.4. The summed E-state index contributed by atoms with van der Waals surface area (Å²) in [6.45, 7) is 2.81. The maximum atomic E-state index is 10.4. The molecule has 0 aromatic heterocycles. The van der Waals surface area contributed by atoms with Gasteiger partial charge in [0.1, 0.15) is 0 Å². The molecule has 0 aromatic carbocycles. The molecular formula is C20H34O3. The first-order valence-corrected chi connectivity index (χ1v) is 9.87. The van der Waals surface area contributed by atoms with Crippen molar-refractivity contribution >= 4 is 0 Å². The Morgan fingerprint density at radius 1 is 1.00 bits per heavy atom. The van der Waals surface area contributed by atoms with Gasteiger partial charge in [-0.15, -0.1) is 0 Å². The molecule has 0 amide bonds. The molecule has 23 heavy (non-hydrogen) atoms. The summed E-state index contributed by atoms with van der Waals surface area (Å²) in [5.41, 5.74) is 0.461. The van der Waals surface area contributed by atoms with Crippen molar-refractivity contribution in [3.63, 3.8) is 0 Å². The highest BCUT2D eigenvalue weighted by Gasteiger charge is 2.61. The minimum atomic E-state index is -0.130. The van der Waals surface area contributed by atoms with Crippen LogP contribution in [0, 0.1) is 34.5 Å². The number of rotatable bonds is 2. The van der Waals surface area contributed by atoms with Gasteiger partial charge in [-0.1, -0.05) is 6.92 Å². The highest BCUT2D eigenvalue weighted by Crippen LogP contribution is 2.66. The minimum absolute atomic E-state index is 0.106. The molecule has 0 bridgehead atoms. The second-order valence-electron chi connectivity index (χ2n) is 9.32. The van der Waals surface area contributed by atoms with Crippen LogP contribution < -0.4 is 0 Å². The zero-order chi connectivity index (χ0) is 16.2. The molecule has 132 valence electrons. The van der Waals surface area contributed by atoms with Gasteiger partial charge in [0.15, 0.2) is 0 Å². The number of hydrogen-bond acceptors (Lipinski definition) is 3. The summed E-state index contributed by atoms with van der Waals surface area (Å²) in [5, 5.41) is 20.5. The third-order valence-corrected chi connectivity index (χ3v) is 8.83. The summed E-state index contributed by atoms with van der Waals surface area (Å²) in [5.74, 6) is 2.77. The smallest absolute Gasteiger partial charge is 0.0627 e. The third-order valence-electron chi connectivity index (χ3n) is 8.83. The van der Waals surface area contributed by atoms with E-state index in [-0.39, 0.29) is 11.5 Å². The molecule has 4 saturated carbocycles. The first-order valence-electron chi connectivity index (χ1n) is 9.87. The second kappa shape index (κ2) is 5.71. The average Bonchev–Trinajstić information content (AvgIpc) is 2.90. The van der Waals surface area contributed by atoms with Gasteiger partial charge in [0.2, 0.25) is 0 Å². The van der Waals surface area contributed by atoms with Crippen molar-refractivity contribution in [1.82, 2.24) is 0 Å². The Hall–Kier alpha value is -0.120. The van der Waals surface area contributed by atoms with E-state index in [9.17, 15) is 10.2 Å². The molecule has 3 heteroatoms. The van der Waals surface area contributed by atoms with E-state index in [4.69, 9.17) is 4.74 Å². The topological polar surface area (TPSA) is 49.7 Å². The molecule has 3 nitrogen and oxygen atoms in total. The van der Waals surface area contributed by atoms with Crippen molar-refractivity contribution in [2.75, 3.05) is 13.7 Å². The van der Waals surface area contributed by atoms with E-state index >= 15 is 0 Å². The Morgan fingerprint density at radius 3 is 2.57 bits per heavy atom. The lowest BCUT2D eigenvalue weighted by atomic mass is 9.44. The number of methoxy groups -OCH3 is 1. The minimum Gasteiger partial charge on any atom is -0.396 e. The zero-order valence-electron chi connectivity index (χ0n) is 14.8. The van der Waals surface area contributed by atoms with Crippen molar-refractivity contribution in [2.45, 2.75) is 76.9 Å². The fraction of sp³-hybridized carbons (Fsp3) is 1.00. The number of aliphatic hydroxyl groups is 2. The molecule has 4 rings (SSSR count). The second-order valence-corrected chi connectivity index (χ2v) is 9.32. The molecule has 0 heterocycles. The van der Waals surface area contributed by atoms with Gasteiger partial charge in [-0.05, 0) is 92.3 Å². The monoisotopic (exact) mass is 322 g/mol. The number of hydrogen-bond donors (Lipinski definition) is 2. The fourth-order valence-electron chi connectivity index (χ4n) is 7.68. The molecule has 0 aliphatic heterocycles. The molecular weight excluding hydrogens is 288 g/mol. The maximum Gasteiger partial charge on any atom is 0.0627 e. The Labute approximate surface area is 140 Å². The summed E-state index contributed by atoms with van der Waals surface area (Å²) in [7, 11) is 1.89. The lowest BCUT2D eigenvalue weighted by molar-refractivity contribution is -0.160. The summed E-state index contributed by atoms with van der Waals surface area (Å²) in [6.07, 6.45) is 10.7. The molecule has 0 spiro atoms. The zero-order valence-corrected chi connectivity index (χ0v) is 14.8. The van der Waals surface area contributed by atoms with Crippen LogP contribution in [0.3, 0.4) is 0 Å². The Morgan fingerprint density at radius 2 is 1.83 bits per heavy atom. The fourth-order valence-corrected chi connectivity index (χ4v) is 7.68. The standard InChI is InChI=1S/C20H34O3/c1-19-9-8-17-15(16(19)5-6-18(19)23-2)4-3-13-11-14(22)7-10-20(13,17)12-21/h13-18,21-22H,3-12H2,1-2H3/t13-,14-,15-,16-,17-,18-,19-,20+/m0/s1. The van der Waals surface area contributed by atoms with Crippen LogP contribution >= 0.6 is 0 Å². The molecule has 0 unspecified atom stereocenters. The molecule has 0 radical (unpaired) electrons. The molecule has 2 N–H and O–H groups in total. The summed E-state index contributed by atoms with van der Waals surface area (Å²) >= 11 is 0. The molecule has 4 aliphatic carbocycles. The van der Waals surface area contributed by atoms with Crippen molar-refractivity contribution < 1.29 is 14.9 Å². The summed E-state index contributed by atoms with van der Waals surface area (Å²) < 4.78 is 5.85. The van der Waals surface area contributed by atoms with Gasteiger partial charge in [0.25, 0.3) is 0 Å². The third kappa shape index (κ3) is 2.19. The van der Waals surface area contributed by atoms with Crippen LogP contribution in [0.2, 0.25) is 0 Å².